The first-order valence-corrected chi connectivity index (χ1v) is 7.20. The summed E-state index contributed by atoms with van der Waals surface area (Å²) in [4.78, 5) is 8.59. The van der Waals surface area contributed by atoms with E-state index in [0.717, 1.165) is 5.75 Å². The van der Waals surface area contributed by atoms with E-state index < -0.39 is 0 Å². The Hall–Kier alpha value is -1.88. The Balaban J connectivity index is 1.94. The van der Waals surface area contributed by atoms with Gasteiger partial charge in [0.25, 0.3) is 5.88 Å². The smallest absolute Gasteiger partial charge is 0.264 e. The first-order valence-electron chi connectivity index (χ1n) is 6.40. The number of rotatable bonds is 3. The van der Waals surface area contributed by atoms with E-state index >= 15 is 0 Å². The minimum atomic E-state index is 0.488. The van der Waals surface area contributed by atoms with Gasteiger partial charge in [-0.15, -0.1) is 0 Å². The summed E-state index contributed by atoms with van der Waals surface area (Å²) in [6.07, 6.45) is 5.42. The van der Waals surface area contributed by atoms with Gasteiger partial charge in [0.15, 0.2) is 0 Å². The lowest BCUT2D eigenvalue weighted by Gasteiger charge is -2.09. The minimum Gasteiger partial charge on any atom is -0.436 e. The summed E-state index contributed by atoms with van der Waals surface area (Å²) < 4.78 is 8.42. The van der Waals surface area contributed by atoms with Crippen molar-refractivity contribution in [3.8, 4) is 11.6 Å². The summed E-state index contributed by atoms with van der Waals surface area (Å²) in [7, 11) is 0. The SMILES string of the molecule is CC(C)c1ccc(Oc2nc(Br)cn3ccnc23)cc1. The first kappa shape index (κ1) is 13.1. The van der Waals surface area contributed by atoms with E-state index in [1.54, 1.807) is 6.20 Å². The third kappa shape index (κ3) is 2.54. The number of fused-ring (bicyclic) bond motifs is 1. The lowest BCUT2D eigenvalue weighted by Crippen LogP contribution is -1.95. The molecule has 0 aliphatic rings. The van der Waals surface area contributed by atoms with Crippen LogP contribution in [-0.2, 0) is 0 Å². The van der Waals surface area contributed by atoms with E-state index in [4.69, 9.17) is 4.74 Å². The van der Waals surface area contributed by atoms with Crippen molar-refractivity contribution in [2.45, 2.75) is 19.8 Å². The molecule has 0 unspecified atom stereocenters. The number of imidazole rings is 1. The van der Waals surface area contributed by atoms with Gasteiger partial charge in [-0.1, -0.05) is 26.0 Å². The Bertz CT molecular complexity index is 734. The monoisotopic (exact) mass is 331 g/mol. The van der Waals surface area contributed by atoms with Crippen molar-refractivity contribution in [2.24, 2.45) is 0 Å². The van der Waals surface area contributed by atoms with Gasteiger partial charge in [-0.25, -0.2) is 9.97 Å². The molecule has 0 atom stereocenters. The van der Waals surface area contributed by atoms with Crippen LogP contribution >= 0.6 is 15.9 Å². The van der Waals surface area contributed by atoms with E-state index in [1.165, 1.54) is 5.56 Å². The van der Waals surface area contributed by atoms with Crippen LogP contribution in [0.4, 0.5) is 0 Å². The number of nitrogens with zero attached hydrogens (tertiary/aromatic N) is 3. The number of hydrogen-bond acceptors (Lipinski definition) is 3. The molecular weight excluding hydrogens is 318 g/mol. The van der Waals surface area contributed by atoms with E-state index in [9.17, 15) is 0 Å². The number of halogens is 1. The fourth-order valence-electron chi connectivity index (χ4n) is 1.97. The van der Waals surface area contributed by atoms with Crippen LogP contribution in [0.2, 0.25) is 0 Å². The van der Waals surface area contributed by atoms with Crippen LogP contribution in [0.5, 0.6) is 11.6 Å². The van der Waals surface area contributed by atoms with Crippen LogP contribution < -0.4 is 4.74 Å². The van der Waals surface area contributed by atoms with Gasteiger partial charge >= 0.3 is 0 Å². The van der Waals surface area contributed by atoms with Crippen LogP contribution in [0.3, 0.4) is 0 Å². The molecule has 3 rings (SSSR count). The lowest BCUT2D eigenvalue weighted by molar-refractivity contribution is 0.463. The Morgan fingerprint density at radius 1 is 1.20 bits per heavy atom. The van der Waals surface area contributed by atoms with E-state index in [-0.39, 0.29) is 0 Å². The average molecular weight is 332 g/mol. The van der Waals surface area contributed by atoms with Gasteiger partial charge in [-0.05, 0) is 39.5 Å². The molecular formula is C15H14BrN3O. The standard InChI is InChI=1S/C15H14BrN3O/c1-10(2)11-3-5-12(6-4-11)20-15-14-17-7-8-19(14)9-13(16)18-15/h3-10H,1-2H3. The van der Waals surface area contributed by atoms with Crippen molar-refractivity contribution in [3.05, 3.63) is 53.0 Å². The molecule has 2 heterocycles. The summed E-state index contributed by atoms with van der Waals surface area (Å²) in [5.41, 5.74) is 1.98. The predicted molar refractivity (Wildman–Crippen MR) is 81.3 cm³/mol. The van der Waals surface area contributed by atoms with Gasteiger partial charge in [-0.3, -0.25) is 4.40 Å². The zero-order chi connectivity index (χ0) is 14.1. The molecule has 1 aromatic carbocycles. The lowest BCUT2D eigenvalue weighted by atomic mass is 10.0. The van der Waals surface area contributed by atoms with Gasteiger partial charge in [0.05, 0.1) is 0 Å². The van der Waals surface area contributed by atoms with Crippen LogP contribution in [0.25, 0.3) is 5.65 Å². The number of ether oxygens (including phenoxy) is 1. The van der Waals surface area contributed by atoms with Crippen LogP contribution in [0, 0.1) is 0 Å². The Morgan fingerprint density at radius 2 is 1.95 bits per heavy atom. The third-order valence-corrected chi connectivity index (χ3v) is 3.46. The summed E-state index contributed by atoms with van der Waals surface area (Å²) in [6.45, 7) is 4.33. The fourth-order valence-corrected chi connectivity index (χ4v) is 2.36. The van der Waals surface area contributed by atoms with Gasteiger partial charge < -0.3 is 4.74 Å². The molecule has 2 aromatic heterocycles. The summed E-state index contributed by atoms with van der Waals surface area (Å²) in [6, 6.07) is 8.05. The maximum Gasteiger partial charge on any atom is 0.264 e. The van der Waals surface area contributed by atoms with Crippen LogP contribution in [0.1, 0.15) is 25.3 Å². The number of hydrogen-bond donors (Lipinski definition) is 0. The molecule has 0 bridgehead atoms. The fraction of sp³-hybridized carbons (Fsp3) is 0.200. The summed E-state index contributed by atoms with van der Waals surface area (Å²) in [5.74, 6) is 1.75. The number of aromatic nitrogens is 3. The largest absolute Gasteiger partial charge is 0.436 e. The number of benzene rings is 1. The van der Waals surface area contributed by atoms with E-state index in [1.807, 2.05) is 28.9 Å². The molecule has 0 saturated carbocycles. The van der Waals surface area contributed by atoms with Gasteiger partial charge in [0.2, 0.25) is 5.65 Å². The molecule has 5 heteroatoms. The van der Waals surface area contributed by atoms with Crippen molar-refractivity contribution >= 4 is 21.6 Å². The molecule has 3 aromatic rings. The van der Waals surface area contributed by atoms with Crippen molar-refractivity contribution in [1.82, 2.24) is 14.4 Å². The molecule has 0 aliphatic carbocycles. The molecule has 4 nitrogen and oxygen atoms in total. The quantitative estimate of drug-likeness (QED) is 0.713. The highest BCUT2D eigenvalue weighted by Gasteiger charge is 2.09. The second kappa shape index (κ2) is 5.25. The normalized spacial score (nSPS) is 11.2. The zero-order valence-electron chi connectivity index (χ0n) is 11.2. The average Bonchev–Trinajstić information content (AvgIpc) is 2.87. The minimum absolute atomic E-state index is 0.488. The van der Waals surface area contributed by atoms with Crippen LogP contribution in [-0.4, -0.2) is 14.4 Å². The second-order valence-electron chi connectivity index (χ2n) is 4.85. The molecule has 0 radical (unpaired) electrons. The Kier molecular flexibility index (Phi) is 3.44. The van der Waals surface area contributed by atoms with Gasteiger partial charge in [0.1, 0.15) is 10.4 Å². The van der Waals surface area contributed by atoms with Crippen molar-refractivity contribution < 1.29 is 4.74 Å². The Labute approximate surface area is 125 Å². The van der Waals surface area contributed by atoms with Crippen molar-refractivity contribution in [2.75, 3.05) is 0 Å². The highest BCUT2D eigenvalue weighted by Crippen LogP contribution is 2.26. The predicted octanol–water partition coefficient (Wildman–Crippen LogP) is 4.41. The molecule has 0 N–H and O–H groups in total. The van der Waals surface area contributed by atoms with Gasteiger partial charge in [-0.2, -0.15) is 0 Å². The second-order valence-corrected chi connectivity index (χ2v) is 5.67. The molecule has 0 amide bonds. The van der Waals surface area contributed by atoms with Gasteiger partial charge in [0, 0.05) is 18.6 Å². The van der Waals surface area contributed by atoms with E-state index in [2.05, 4.69) is 51.9 Å². The highest BCUT2D eigenvalue weighted by molar-refractivity contribution is 9.10. The van der Waals surface area contributed by atoms with Crippen LogP contribution in [0.15, 0.2) is 47.5 Å². The van der Waals surface area contributed by atoms with Crippen molar-refractivity contribution in [3.63, 3.8) is 0 Å². The Morgan fingerprint density at radius 3 is 2.65 bits per heavy atom. The molecule has 0 saturated heterocycles. The first-order chi connectivity index (χ1) is 9.63. The van der Waals surface area contributed by atoms with E-state index in [0.29, 0.717) is 22.0 Å². The maximum atomic E-state index is 5.84. The highest BCUT2D eigenvalue weighted by atomic mass is 79.9. The summed E-state index contributed by atoms with van der Waals surface area (Å²) >= 11 is 3.37. The third-order valence-electron chi connectivity index (χ3n) is 3.08. The summed E-state index contributed by atoms with van der Waals surface area (Å²) in [5, 5.41) is 0. The molecule has 0 fully saturated rings. The maximum absolute atomic E-state index is 5.84. The zero-order valence-corrected chi connectivity index (χ0v) is 12.8. The topological polar surface area (TPSA) is 39.4 Å². The van der Waals surface area contributed by atoms with Crippen molar-refractivity contribution in [1.29, 1.82) is 0 Å². The molecule has 0 spiro atoms. The molecule has 20 heavy (non-hydrogen) atoms. The molecule has 0 aliphatic heterocycles. The molecule has 102 valence electrons.